The van der Waals surface area contributed by atoms with Crippen molar-refractivity contribution in [3.63, 3.8) is 0 Å². The Hall–Kier alpha value is -1.75. The van der Waals surface area contributed by atoms with Crippen LogP contribution < -0.4 is 0 Å². The zero-order valence-corrected chi connectivity index (χ0v) is 19.3. The standard InChI is InChI=1S/C24H26F4O5S/c1-13(33-12-22-7-14-6-15(8-22)10-23(29,9-14)11-22)18-19(24(26,27)28)16-4-2-3-5-17(16)21(20(18)25)34(30,31)32/h2-5,13-15,29H,6-12H2,1H3,(H,30,31,32). The van der Waals surface area contributed by atoms with Crippen LogP contribution in [0, 0.1) is 23.1 Å². The van der Waals surface area contributed by atoms with Gasteiger partial charge in [-0.15, -0.1) is 0 Å². The predicted octanol–water partition coefficient (Wildman–Crippen LogP) is 5.65. The Labute approximate surface area is 194 Å². The Morgan fingerprint density at radius 2 is 1.71 bits per heavy atom. The molecule has 3 unspecified atom stereocenters. The van der Waals surface area contributed by atoms with Crippen molar-refractivity contribution in [2.45, 2.75) is 68.2 Å². The molecule has 0 heterocycles. The number of benzene rings is 2. The van der Waals surface area contributed by atoms with Gasteiger partial charge in [0.1, 0.15) is 4.90 Å². The molecular weight excluding hydrogens is 476 g/mol. The van der Waals surface area contributed by atoms with Crippen LogP contribution in [0.1, 0.15) is 62.7 Å². The van der Waals surface area contributed by atoms with Crippen LogP contribution in [-0.2, 0) is 21.0 Å². The van der Waals surface area contributed by atoms with Gasteiger partial charge in [-0.25, -0.2) is 4.39 Å². The number of halogens is 4. The Balaban J connectivity index is 1.57. The molecule has 6 rings (SSSR count). The first-order chi connectivity index (χ1) is 15.7. The summed E-state index contributed by atoms with van der Waals surface area (Å²) in [5.74, 6) is -0.996. The summed E-state index contributed by atoms with van der Waals surface area (Å²) in [5.41, 5.74) is -3.45. The molecule has 2 aromatic rings. The average molecular weight is 503 g/mol. The van der Waals surface area contributed by atoms with E-state index in [-0.39, 0.29) is 6.61 Å². The zero-order valence-electron chi connectivity index (χ0n) is 18.5. The van der Waals surface area contributed by atoms with Gasteiger partial charge >= 0.3 is 6.18 Å². The molecule has 2 N–H and O–H groups in total. The first kappa shape index (κ1) is 24.0. The van der Waals surface area contributed by atoms with Crippen LogP contribution in [0.4, 0.5) is 17.6 Å². The van der Waals surface area contributed by atoms with Gasteiger partial charge in [0.05, 0.1) is 23.9 Å². The van der Waals surface area contributed by atoms with Crippen molar-refractivity contribution in [3.05, 3.63) is 41.2 Å². The zero-order chi connectivity index (χ0) is 24.7. The van der Waals surface area contributed by atoms with Crippen molar-refractivity contribution >= 4 is 20.9 Å². The minimum Gasteiger partial charge on any atom is -0.390 e. The molecule has 0 amide bonds. The van der Waals surface area contributed by atoms with Crippen LogP contribution in [0.5, 0.6) is 0 Å². The van der Waals surface area contributed by atoms with Gasteiger partial charge in [-0.1, -0.05) is 24.3 Å². The van der Waals surface area contributed by atoms with E-state index in [1.54, 1.807) is 0 Å². The lowest BCUT2D eigenvalue weighted by atomic mass is 9.48. The Kier molecular flexibility index (Phi) is 5.37. The summed E-state index contributed by atoms with van der Waals surface area (Å²) in [6.45, 7) is 1.29. The fourth-order valence-electron chi connectivity index (χ4n) is 7.29. The van der Waals surface area contributed by atoms with Crippen molar-refractivity contribution in [2.24, 2.45) is 17.3 Å². The van der Waals surface area contributed by atoms with Gasteiger partial charge in [0.25, 0.3) is 10.1 Å². The number of ether oxygens (including phenoxy) is 1. The van der Waals surface area contributed by atoms with Crippen molar-refractivity contribution in [1.29, 1.82) is 0 Å². The van der Waals surface area contributed by atoms with E-state index in [1.807, 2.05) is 0 Å². The molecule has 2 aromatic carbocycles. The normalized spacial score (nSPS) is 31.9. The minimum absolute atomic E-state index is 0.0360. The Morgan fingerprint density at radius 1 is 1.12 bits per heavy atom. The highest BCUT2D eigenvalue weighted by Gasteiger charge is 2.57. The molecule has 34 heavy (non-hydrogen) atoms. The molecule has 186 valence electrons. The van der Waals surface area contributed by atoms with Crippen molar-refractivity contribution < 1.29 is 40.4 Å². The lowest BCUT2D eigenvalue weighted by Gasteiger charge is -2.60. The van der Waals surface area contributed by atoms with E-state index >= 15 is 4.39 Å². The third-order valence-corrected chi connectivity index (χ3v) is 8.80. The maximum absolute atomic E-state index is 15.5. The molecule has 5 nitrogen and oxygen atoms in total. The summed E-state index contributed by atoms with van der Waals surface area (Å²) in [6.07, 6.45) is -1.91. The van der Waals surface area contributed by atoms with Gasteiger partial charge in [-0.2, -0.15) is 21.6 Å². The maximum Gasteiger partial charge on any atom is 0.417 e. The molecule has 4 saturated carbocycles. The first-order valence-corrected chi connectivity index (χ1v) is 12.8. The van der Waals surface area contributed by atoms with Crippen LogP contribution in [0.3, 0.4) is 0 Å². The molecule has 0 saturated heterocycles. The molecule has 4 bridgehead atoms. The summed E-state index contributed by atoms with van der Waals surface area (Å²) in [5, 5.41) is 9.85. The smallest absolute Gasteiger partial charge is 0.390 e. The predicted molar refractivity (Wildman–Crippen MR) is 115 cm³/mol. The lowest BCUT2D eigenvalue weighted by molar-refractivity contribution is -0.186. The van der Waals surface area contributed by atoms with E-state index in [9.17, 15) is 31.2 Å². The Bertz CT molecular complexity index is 1240. The van der Waals surface area contributed by atoms with Gasteiger partial charge in [0.2, 0.25) is 0 Å². The number of hydrogen-bond donors (Lipinski definition) is 2. The molecule has 0 aliphatic heterocycles. The van der Waals surface area contributed by atoms with Gasteiger partial charge in [-0.05, 0) is 68.1 Å². The maximum atomic E-state index is 15.5. The highest BCUT2D eigenvalue weighted by atomic mass is 32.2. The molecule has 4 aliphatic carbocycles. The average Bonchev–Trinajstić information content (AvgIpc) is 2.67. The second-order valence-electron chi connectivity index (χ2n) is 10.6. The summed E-state index contributed by atoms with van der Waals surface area (Å²) >= 11 is 0. The number of rotatable bonds is 5. The molecule has 3 atom stereocenters. The summed E-state index contributed by atoms with van der Waals surface area (Å²) in [4.78, 5) is -1.19. The van der Waals surface area contributed by atoms with Crippen molar-refractivity contribution in [1.82, 2.24) is 0 Å². The number of fused-ring (bicyclic) bond motifs is 1. The van der Waals surface area contributed by atoms with Gasteiger partial charge in [0.15, 0.2) is 5.82 Å². The molecular formula is C24H26F4O5S. The molecule has 0 radical (unpaired) electrons. The first-order valence-electron chi connectivity index (χ1n) is 11.3. The van der Waals surface area contributed by atoms with Crippen LogP contribution in [-0.4, -0.2) is 30.3 Å². The molecule has 0 aromatic heterocycles. The van der Waals surface area contributed by atoms with E-state index in [1.165, 1.54) is 19.1 Å². The third kappa shape index (κ3) is 3.92. The summed E-state index contributed by atoms with van der Waals surface area (Å²) in [6, 6.07) is 4.64. The summed E-state index contributed by atoms with van der Waals surface area (Å²) < 4.78 is 97.6. The van der Waals surface area contributed by atoms with Gasteiger partial charge < -0.3 is 9.84 Å². The highest BCUT2D eigenvalue weighted by Crippen LogP contribution is 2.62. The second-order valence-corrected chi connectivity index (χ2v) is 11.9. The SMILES string of the molecule is CC(OCC12CC3CC(CC(O)(C3)C1)C2)c1c(F)c(S(=O)(=O)O)c2ccccc2c1C(F)(F)F. The van der Waals surface area contributed by atoms with Crippen LogP contribution >= 0.6 is 0 Å². The number of aliphatic hydroxyl groups is 1. The molecule has 4 fully saturated rings. The lowest BCUT2D eigenvalue weighted by Crippen LogP contribution is -2.57. The topological polar surface area (TPSA) is 83.8 Å². The summed E-state index contributed by atoms with van der Waals surface area (Å²) in [7, 11) is -5.17. The molecule has 4 aliphatic rings. The minimum atomic E-state index is -5.17. The number of hydrogen-bond acceptors (Lipinski definition) is 4. The number of alkyl halides is 3. The van der Waals surface area contributed by atoms with Crippen LogP contribution in [0.25, 0.3) is 10.8 Å². The monoisotopic (exact) mass is 502 g/mol. The van der Waals surface area contributed by atoms with E-state index in [0.29, 0.717) is 18.3 Å². The quantitative estimate of drug-likeness (QED) is 0.408. The third-order valence-electron chi connectivity index (χ3n) is 7.89. The van der Waals surface area contributed by atoms with Gasteiger partial charge in [0, 0.05) is 10.9 Å². The van der Waals surface area contributed by atoms with E-state index in [2.05, 4.69) is 0 Å². The van der Waals surface area contributed by atoms with Gasteiger partial charge in [-0.3, -0.25) is 4.55 Å². The van der Waals surface area contributed by atoms with Crippen LogP contribution in [0.15, 0.2) is 29.2 Å². The van der Waals surface area contributed by atoms with Crippen molar-refractivity contribution in [3.8, 4) is 0 Å². The highest BCUT2D eigenvalue weighted by molar-refractivity contribution is 7.86. The van der Waals surface area contributed by atoms with E-state index < -0.39 is 66.0 Å². The fraction of sp³-hybridized carbons (Fsp3) is 0.583. The second kappa shape index (κ2) is 7.62. The molecule has 0 spiro atoms. The van der Waals surface area contributed by atoms with Crippen LogP contribution in [0.2, 0.25) is 0 Å². The van der Waals surface area contributed by atoms with Crippen molar-refractivity contribution in [2.75, 3.05) is 6.61 Å². The van der Waals surface area contributed by atoms with E-state index in [4.69, 9.17) is 4.74 Å². The largest absolute Gasteiger partial charge is 0.417 e. The Morgan fingerprint density at radius 3 is 2.24 bits per heavy atom. The fourth-order valence-corrected chi connectivity index (χ4v) is 8.08. The molecule has 10 heteroatoms. The van der Waals surface area contributed by atoms with E-state index in [0.717, 1.165) is 44.2 Å².